The molecular formula is C28H36N4O5. The Balaban J connectivity index is 1.41. The molecular weight excluding hydrogens is 472 g/mol. The third-order valence-corrected chi connectivity index (χ3v) is 8.48. The molecule has 0 spiro atoms. The molecule has 1 aliphatic carbocycles. The van der Waals surface area contributed by atoms with E-state index in [1.54, 1.807) is 25.0 Å². The number of aromatic amines is 1. The zero-order chi connectivity index (χ0) is 26.1. The smallest absolute Gasteiger partial charge is 0.271 e. The van der Waals surface area contributed by atoms with E-state index in [1.807, 2.05) is 18.2 Å². The van der Waals surface area contributed by atoms with E-state index in [2.05, 4.69) is 15.6 Å². The summed E-state index contributed by atoms with van der Waals surface area (Å²) < 4.78 is 5.45. The van der Waals surface area contributed by atoms with Gasteiger partial charge in [-0.2, -0.15) is 0 Å². The molecule has 3 N–H and O–H groups in total. The quantitative estimate of drug-likeness (QED) is 0.506. The highest BCUT2D eigenvalue weighted by molar-refractivity contribution is 6.02. The fourth-order valence-electron chi connectivity index (χ4n) is 6.53. The predicted octanol–water partition coefficient (Wildman–Crippen LogP) is 2.80. The van der Waals surface area contributed by atoms with Gasteiger partial charge in [-0.1, -0.05) is 25.8 Å². The van der Waals surface area contributed by atoms with Crippen LogP contribution in [-0.2, 0) is 14.4 Å². The molecule has 2 aliphatic heterocycles. The van der Waals surface area contributed by atoms with E-state index in [9.17, 15) is 19.2 Å². The summed E-state index contributed by atoms with van der Waals surface area (Å²) in [6.45, 7) is 2.88. The van der Waals surface area contributed by atoms with Crippen LogP contribution in [0.5, 0.6) is 5.75 Å². The zero-order valence-electron chi connectivity index (χ0n) is 21.5. The number of hydrogen-bond acceptors (Lipinski definition) is 5. The van der Waals surface area contributed by atoms with Gasteiger partial charge in [-0.15, -0.1) is 0 Å². The molecule has 1 aromatic carbocycles. The van der Waals surface area contributed by atoms with Gasteiger partial charge in [-0.3, -0.25) is 19.2 Å². The van der Waals surface area contributed by atoms with E-state index < -0.39 is 12.1 Å². The van der Waals surface area contributed by atoms with Gasteiger partial charge in [0, 0.05) is 36.3 Å². The van der Waals surface area contributed by atoms with Crippen molar-refractivity contribution in [3.05, 3.63) is 30.0 Å². The van der Waals surface area contributed by atoms with Crippen molar-refractivity contribution in [2.24, 2.45) is 17.8 Å². The minimum absolute atomic E-state index is 0.0590. The van der Waals surface area contributed by atoms with Crippen molar-refractivity contribution in [1.29, 1.82) is 0 Å². The molecule has 1 saturated carbocycles. The van der Waals surface area contributed by atoms with Crippen LogP contribution in [0.3, 0.4) is 0 Å². The number of amides is 3. The number of carbonyl (C=O) groups excluding carboxylic acids is 4. The highest BCUT2D eigenvalue weighted by Crippen LogP contribution is 2.41. The third kappa shape index (κ3) is 4.83. The highest BCUT2D eigenvalue weighted by atomic mass is 16.5. The van der Waals surface area contributed by atoms with E-state index in [4.69, 9.17) is 4.74 Å². The average molecular weight is 509 g/mol. The van der Waals surface area contributed by atoms with E-state index in [1.165, 1.54) is 0 Å². The first-order valence-corrected chi connectivity index (χ1v) is 13.5. The van der Waals surface area contributed by atoms with Crippen molar-refractivity contribution < 1.29 is 23.9 Å². The second kappa shape index (κ2) is 10.6. The van der Waals surface area contributed by atoms with E-state index in [0.717, 1.165) is 36.6 Å². The van der Waals surface area contributed by atoms with E-state index >= 15 is 0 Å². The topological polar surface area (TPSA) is 121 Å². The molecule has 2 saturated heterocycles. The number of ketones is 1. The summed E-state index contributed by atoms with van der Waals surface area (Å²) >= 11 is 0. The second-order valence-corrected chi connectivity index (χ2v) is 10.6. The molecule has 1 aromatic heterocycles. The Hall–Kier alpha value is -3.36. The number of hydrogen-bond donors (Lipinski definition) is 3. The van der Waals surface area contributed by atoms with Crippen LogP contribution in [0.15, 0.2) is 24.3 Å². The average Bonchev–Trinajstić information content (AvgIpc) is 3.63. The van der Waals surface area contributed by atoms with Gasteiger partial charge >= 0.3 is 0 Å². The number of nitrogens with one attached hydrogen (secondary N) is 3. The first kappa shape index (κ1) is 25.3. The monoisotopic (exact) mass is 508 g/mol. The SMILES string of the molecule is CCC(=O)C(CC1CCNC1=O)NC(=O)C1C2CCCCC2CN1C(=O)c1cc2c(OC)cccc2[nH]1. The van der Waals surface area contributed by atoms with Gasteiger partial charge in [0.15, 0.2) is 5.78 Å². The number of Topliss-reactive ketones (excluding diaryl/α,β-unsaturated/α-hetero) is 1. The lowest BCUT2D eigenvalue weighted by Gasteiger charge is -2.31. The van der Waals surface area contributed by atoms with Crippen LogP contribution in [0.1, 0.15) is 62.4 Å². The van der Waals surface area contributed by atoms with Crippen molar-refractivity contribution in [3.8, 4) is 5.75 Å². The maximum Gasteiger partial charge on any atom is 0.271 e. The van der Waals surface area contributed by atoms with Crippen LogP contribution in [0.4, 0.5) is 0 Å². The summed E-state index contributed by atoms with van der Waals surface area (Å²) in [4.78, 5) is 57.5. The van der Waals surface area contributed by atoms with Crippen LogP contribution in [0, 0.1) is 17.8 Å². The minimum Gasteiger partial charge on any atom is -0.496 e. The zero-order valence-corrected chi connectivity index (χ0v) is 21.5. The number of H-pyrrole nitrogens is 1. The number of ether oxygens (including phenoxy) is 1. The Bertz CT molecular complexity index is 1210. The summed E-state index contributed by atoms with van der Waals surface area (Å²) in [7, 11) is 1.60. The lowest BCUT2D eigenvalue weighted by Crippen LogP contribution is -2.53. The Kier molecular flexibility index (Phi) is 7.22. The number of fused-ring (bicyclic) bond motifs is 2. The molecule has 37 heavy (non-hydrogen) atoms. The van der Waals surface area contributed by atoms with Crippen LogP contribution >= 0.6 is 0 Å². The van der Waals surface area contributed by atoms with Gasteiger partial charge < -0.3 is 25.3 Å². The first-order valence-electron chi connectivity index (χ1n) is 13.5. The molecule has 0 bridgehead atoms. The summed E-state index contributed by atoms with van der Waals surface area (Å²) in [5, 5.41) is 6.60. The number of likely N-dealkylation sites (tertiary alicyclic amines) is 1. The predicted molar refractivity (Wildman–Crippen MR) is 138 cm³/mol. The lowest BCUT2D eigenvalue weighted by atomic mass is 9.78. The number of methoxy groups -OCH3 is 1. The summed E-state index contributed by atoms with van der Waals surface area (Å²) in [5.41, 5.74) is 1.21. The molecule has 9 heteroatoms. The standard InChI is InChI=1S/C28H36N4O5/c1-3-23(33)21(13-16-11-12-29-26(16)34)31-27(35)25-18-8-5-4-7-17(18)15-32(25)28(36)22-14-19-20(30-22)9-6-10-24(19)37-2/h6,9-10,14,16-18,21,25,30H,3-5,7-8,11-13,15H2,1-2H3,(H,29,34)(H,31,35). The Morgan fingerprint density at radius 2 is 2.00 bits per heavy atom. The van der Waals surface area contributed by atoms with Crippen molar-refractivity contribution in [3.63, 3.8) is 0 Å². The van der Waals surface area contributed by atoms with Gasteiger partial charge in [-0.05, 0) is 55.7 Å². The summed E-state index contributed by atoms with van der Waals surface area (Å²) in [5.74, 6) is 0.0363. The number of aromatic nitrogens is 1. The first-order chi connectivity index (χ1) is 17.9. The molecule has 2 aromatic rings. The second-order valence-electron chi connectivity index (χ2n) is 10.6. The van der Waals surface area contributed by atoms with Crippen LogP contribution in [-0.4, -0.2) is 65.7 Å². The Morgan fingerprint density at radius 3 is 2.73 bits per heavy atom. The van der Waals surface area contributed by atoms with Crippen LogP contribution in [0.2, 0.25) is 0 Å². The number of rotatable bonds is 8. The molecule has 3 fully saturated rings. The Labute approximate surface area is 216 Å². The summed E-state index contributed by atoms with van der Waals surface area (Å²) in [6.07, 6.45) is 5.20. The normalized spacial score (nSPS) is 26.0. The number of benzene rings is 1. The Morgan fingerprint density at radius 1 is 1.19 bits per heavy atom. The lowest BCUT2D eigenvalue weighted by molar-refractivity contribution is -0.132. The largest absolute Gasteiger partial charge is 0.496 e. The van der Waals surface area contributed by atoms with Gasteiger partial charge in [0.2, 0.25) is 11.8 Å². The molecule has 3 heterocycles. The third-order valence-electron chi connectivity index (χ3n) is 8.48. The molecule has 9 nitrogen and oxygen atoms in total. The van der Waals surface area contributed by atoms with Crippen LogP contribution in [0.25, 0.3) is 10.9 Å². The molecule has 3 aliphatic rings. The minimum atomic E-state index is -0.733. The fourth-order valence-corrected chi connectivity index (χ4v) is 6.53. The van der Waals surface area contributed by atoms with Crippen LogP contribution < -0.4 is 15.4 Å². The highest BCUT2D eigenvalue weighted by Gasteiger charge is 2.49. The van der Waals surface area contributed by atoms with Gasteiger partial charge in [-0.25, -0.2) is 0 Å². The van der Waals surface area contributed by atoms with Gasteiger partial charge in [0.1, 0.15) is 17.5 Å². The van der Waals surface area contributed by atoms with Crippen molar-refractivity contribution in [1.82, 2.24) is 20.5 Å². The van der Waals surface area contributed by atoms with Gasteiger partial charge in [0.25, 0.3) is 5.91 Å². The van der Waals surface area contributed by atoms with Crippen molar-refractivity contribution >= 4 is 34.4 Å². The van der Waals surface area contributed by atoms with E-state index in [0.29, 0.717) is 37.4 Å². The number of carbonyl (C=O) groups is 4. The van der Waals surface area contributed by atoms with E-state index in [-0.39, 0.29) is 47.7 Å². The summed E-state index contributed by atoms with van der Waals surface area (Å²) in [6, 6.07) is 6.01. The molecule has 5 unspecified atom stereocenters. The molecule has 3 amide bonds. The molecule has 198 valence electrons. The maximum atomic E-state index is 13.8. The van der Waals surface area contributed by atoms with Crippen molar-refractivity contribution in [2.75, 3.05) is 20.2 Å². The molecule has 5 rings (SSSR count). The maximum absolute atomic E-state index is 13.8. The number of nitrogens with zero attached hydrogens (tertiary/aromatic N) is 1. The molecule has 0 radical (unpaired) electrons. The molecule has 5 atom stereocenters. The van der Waals surface area contributed by atoms with Crippen molar-refractivity contribution in [2.45, 2.75) is 64.0 Å². The van der Waals surface area contributed by atoms with Gasteiger partial charge in [0.05, 0.1) is 13.2 Å². The fraction of sp³-hybridized carbons (Fsp3) is 0.571.